The van der Waals surface area contributed by atoms with Crippen LogP contribution in [0.5, 0.6) is 5.75 Å². The van der Waals surface area contributed by atoms with Crippen LogP contribution in [-0.2, 0) is 20.0 Å². The molecule has 0 atom stereocenters. The van der Waals surface area contributed by atoms with Gasteiger partial charge in [-0.15, -0.1) is 0 Å². The van der Waals surface area contributed by atoms with Crippen LogP contribution in [0.1, 0.15) is 23.2 Å². The van der Waals surface area contributed by atoms with Gasteiger partial charge in [-0.3, -0.25) is 0 Å². The molecule has 6 nitrogen and oxygen atoms in total. The first-order valence-corrected chi connectivity index (χ1v) is 9.78. The quantitative estimate of drug-likeness (QED) is 0.528. The Hall–Kier alpha value is -2.85. The lowest BCUT2D eigenvalue weighted by molar-refractivity contribution is 0.411. The number of aryl methyl sites for hydroxylation is 2. The molecule has 2 aromatic heterocycles. The summed E-state index contributed by atoms with van der Waals surface area (Å²) in [5.41, 5.74) is 2.90. The van der Waals surface area contributed by atoms with E-state index in [9.17, 15) is 0 Å². The second kappa shape index (κ2) is 9.38. The lowest BCUT2D eigenvalue weighted by Gasteiger charge is -2.24. The van der Waals surface area contributed by atoms with Crippen molar-refractivity contribution in [3.63, 3.8) is 0 Å². The van der Waals surface area contributed by atoms with Crippen LogP contribution in [0, 0.1) is 11.3 Å². The van der Waals surface area contributed by atoms with Crippen LogP contribution < -0.4 is 9.64 Å². The molecule has 0 spiro atoms. The number of anilines is 1. The van der Waals surface area contributed by atoms with Gasteiger partial charge in [0.05, 0.1) is 35.7 Å². The first kappa shape index (κ1) is 19.9. The predicted molar refractivity (Wildman–Crippen MR) is 112 cm³/mol. The lowest BCUT2D eigenvalue weighted by atomic mass is 10.1. The van der Waals surface area contributed by atoms with Gasteiger partial charge >= 0.3 is 0 Å². The molecule has 0 aliphatic carbocycles. The van der Waals surface area contributed by atoms with Crippen molar-refractivity contribution in [3.05, 3.63) is 70.3 Å². The van der Waals surface area contributed by atoms with Crippen molar-refractivity contribution in [1.82, 2.24) is 14.5 Å². The Bertz CT molecular complexity index is 962. The van der Waals surface area contributed by atoms with Crippen molar-refractivity contribution in [3.8, 4) is 11.8 Å². The smallest absolute Gasteiger partial charge is 0.133 e. The van der Waals surface area contributed by atoms with E-state index >= 15 is 0 Å². The van der Waals surface area contributed by atoms with Crippen LogP contribution in [0.2, 0.25) is 0 Å². The van der Waals surface area contributed by atoms with Crippen LogP contribution in [0.15, 0.2) is 53.5 Å². The molecule has 0 unspecified atom stereocenters. The molecule has 0 N–H and O–H groups in total. The van der Waals surface area contributed by atoms with Gasteiger partial charge in [-0.05, 0) is 58.6 Å². The molecule has 0 aliphatic rings. The number of aromatic nitrogens is 3. The summed E-state index contributed by atoms with van der Waals surface area (Å²) >= 11 is 3.49. The van der Waals surface area contributed by atoms with Gasteiger partial charge in [-0.1, -0.05) is 6.07 Å². The Balaban J connectivity index is 1.71. The molecule has 28 heavy (non-hydrogen) atoms. The second-order valence-electron chi connectivity index (χ2n) is 6.51. The minimum Gasteiger partial charge on any atom is -0.496 e. The number of methoxy groups -OCH3 is 1. The number of ether oxygens (including phenoxy) is 1. The number of nitriles is 1. The number of hydrogen-bond acceptors (Lipinski definition) is 5. The van der Waals surface area contributed by atoms with E-state index in [2.05, 4.69) is 49.0 Å². The van der Waals surface area contributed by atoms with Crippen LogP contribution in [0.3, 0.4) is 0 Å². The van der Waals surface area contributed by atoms with Crippen LogP contribution in [0.4, 0.5) is 5.82 Å². The van der Waals surface area contributed by atoms with Gasteiger partial charge in [-0.25, -0.2) is 9.97 Å². The van der Waals surface area contributed by atoms with Crippen LogP contribution in [0.25, 0.3) is 0 Å². The van der Waals surface area contributed by atoms with E-state index in [1.165, 1.54) is 5.56 Å². The average Bonchev–Trinajstić information content (AvgIpc) is 3.13. The third-order valence-corrected chi connectivity index (χ3v) is 5.23. The first-order chi connectivity index (χ1) is 13.6. The number of rotatable bonds is 8. The van der Waals surface area contributed by atoms with E-state index in [-0.39, 0.29) is 0 Å². The number of pyridine rings is 1. The molecule has 3 aromatic rings. The van der Waals surface area contributed by atoms with Crippen molar-refractivity contribution in [2.75, 3.05) is 18.6 Å². The van der Waals surface area contributed by atoms with Gasteiger partial charge in [0.15, 0.2) is 0 Å². The number of imidazole rings is 1. The lowest BCUT2D eigenvalue weighted by Crippen LogP contribution is -2.26. The maximum atomic E-state index is 9.01. The van der Waals surface area contributed by atoms with Gasteiger partial charge in [-0.2, -0.15) is 5.26 Å². The molecular formula is C21H22BrN5O. The maximum Gasteiger partial charge on any atom is 0.133 e. The maximum absolute atomic E-state index is 9.01. The standard InChI is InChI=1S/C21H22BrN5O/c1-26-15-24-13-18(26)14-27(21-8-6-17(11-23)12-25-21)9-3-4-16-5-7-19(22)20(10-16)28-2/h5-8,10,12-13,15H,3-4,9,14H2,1-2H3. The van der Waals surface area contributed by atoms with E-state index < -0.39 is 0 Å². The largest absolute Gasteiger partial charge is 0.496 e. The molecule has 3 rings (SSSR count). The van der Waals surface area contributed by atoms with E-state index in [0.717, 1.165) is 41.1 Å². The Morgan fingerprint density at radius 1 is 1.25 bits per heavy atom. The Morgan fingerprint density at radius 3 is 2.75 bits per heavy atom. The summed E-state index contributed by atoms with van der Waals surface area (Å²) in [5, 5.41) is 9.01. The molecule has 0 saturated heterocycles. The molecule has 0 radical (unpaired) electrons. The van der Waals surface area contributed by atoms with E-state index in [1.54, 1.807) is 25.7 Å². The van der Waals surface area contributed by atoms with Gasteiger partial charge in [0.1, 0.15) is 17.6 Å². The van der Waals surface area contributed by atoms with Crippen LogP contribution in [-0.4, -0.2) is 28.2 Å². The van der Waals surface area contributed by atoms with Crippen molar-refractivity contribution in [2.24, 2.45) is 7.05 Å². The topological polar surface area (TPSA) is 67.0 Å². The summed E-state index contributed by atoms with van der Waals surface area (Å²) < 4.78 is 8.35. The SMILES string of the molecule is COc1cc(CCCN(Cc2cncn2C)c2ccc(C#N)cn2)ccc1Br. The predicted octanol–water partition coefficient (Wildman–Crippen LogP) is 4.10. The number of nitrogens with zero attached hydrogens (tertiary/aromatic N) is 5. The summed E-state index contributed by atoms with van der Waals surface area (Å²) in [6.07, 6.45) is 7.18. The molecule has 1 aromatic carbocycles. The van der Waals surface area contributed by atoms with Gasteiger partial charge in [0, 0.05) is 26.0 Å². The molecule has 0 aliphatic heterocycles. The minimum atomic E-state index is 0.561. The molecule has 0 bridgehead atoms. The molecule has 0 saturated carbocycles. The fraction of sp³-hybridized carbons (Fsp3) is 0.286. The van der Waals surface area contributed by atoms with E-state index in [4.69, 9.17) is 10.00 Å². The van der Waals surface area contributed by atoms with E-state index in [1.807, 2.05) is 29.9 Å². The third-order valence-electron chi connectivity index (χ3n) is 4.58. The molecule has 0 fully saturated rings. The molecule has 2 heterocycles. The normalized spacial score (nSPS) is 10.5. The highest BCUT2D eigenvalue weighted by Gasteiger charge is 2.12. The highest BCUT2D eigenvalue weighted by Crippen LogP contribution is 2.26. The van der Waals surface area contributed by atoms with Crippen molar-refractivity contribution >= 4 is 21.7 Å². The fourth-order valence-electron chi connectivity index (χ4n) is 2.98. The Labute approximate surface area is 173 Å². The van der Waals surface area contributed by atoms with Gasteiger partial charge < -0.3 is 14.2 Å². The summed E-state index contributed by atoms with van der Waals surface area (Å²) in [5.74, 6) is 1.70. The Kier molecular flexibility index (Phi) is 6.66. The highest BCUT2D eigenvalue weighted by molar-refractivity contribution is 9.10. The third kappa shape index (κ3) is 4.90. The fourth-order valence-corrected chi connectivity index (χ4v) is 3.39. The molecule has 144 valence electrons. The zero-order chi connectivity index (χ0) is 19.9. The summed E-state index contributed by atoms with van der Waals surface area (Å²) in [4.78, 5) is 10.9. The summed E-state index contributed by atoms with van der Waals surface area (Å²) in [7, 11) is 3.66. The summed E-state index contributed by atoms with van der Waals surface area (Å²) in [6, 6.07) is 12.0. The van der Waals surface area contributed by atoms with Crippen LogP contribution >= 0.6 is 15.9 Å². The van der Waals surface area contributed by atoms with Gasteiger partial charge in [0.2, 0.25) is 0 Å². The minimum absolute atomic E-state index is 0.561. The zero-order valence-corrected chi connectivity index (χ0v) is 17.6. The molecule has 7 heteroatoms. The summed E-state index contributed by atoms with van der Waals surface area (Å²) in [6.45, 7) is 1.54. The van der Waals surface area contributed by atoms with Gasteiger partial charge in [0.25, 0.3) is 0 Å². The average molecular weight is 440 g/mol. The van der Waals surface area contributed by atoms with Crippen molar-refractivity contribution < 1.29 is 4.74 Å². The monoisotopic (exact) mass is 439 g/mol. The Morgan fingerprint density at radius 2 is 2.11 bits per heavy atom. The van der Waals surface area contributed by atoms with Crippen molar-refractivity contribution in [2.45, 2.75) is 19.4 Å². The molecular weight excluding hydrogens is 418 g/mol. The number of halogens is 1. The number of benzene rings is 1. The van der Waals surface area contributed by atoms with E-state index in [0.29, 0.717) is 12.1 Å². The molecule has 0 amide bonds. The second-order valence-corrected chi connectivity index (χ2v) is 7.36. The first-order valence-electron chi connectivity index (χ1n) is 8.99. The van der Waals surface area contributed by atoms with Crippen molar-refractivity contribution in [1.29, 1.82) is 5.26 Å². The highest BCUT2D eigenvalue weighted by atomic mass is 79.9. The number of hydrogen-bond donors (Lipinski definition) is 0. The zero-order valence-electron chi connectivity index (χ0n) is 16.0.